The van der Waals surface area contributed by atoms with E-state index in [0.29, 0.717) is 35.2 Å². The van der Waals surface area contributed by atoms with Crippen LogP contribution in [0, 0.1) is 0 Å². The van der Waals surface area contributed by atoms with Crippen LogP contribution in [0.5, 0.6) is 0 Å². The lowest BCUT2D eigenvalue weighted by Gasteiger charge is -2.11. The molecule has 0 saturated heterocycles. The maximum absolute atomic E-state index is 12.7. The lowest BCUT2D eigenvalue weighted by atomic mass is 10.1. The molecule has 2 N–H and O–H groups in total. The number of carbonyl (C=O) groups excluding carboxylic acids is 2. The first-order valence-corrected chi connectivity index (χ1v) is 9.74. The van der Waals surface area contributed by atoms with Gasteiger partial charge in [0.2, 0.25) is 0 Å². The first-order chi connectivity index (χ1) is 14.6. The molecule has 6 nitrogen and oxygen atoms in total. The highest BCUT2D eigenvalue weighted by Crippen LogP contribution is 2.25. The van der Waals surface area contributed by atoms with Gasteiger partial charge in [0.25, 0.3) is 5.91 Å². The summed E-state index contributed by atoms with van der Waals surface area (Å²) in [6.45, 7) is 1.27. The molecule has 152 valence electrons. The number of rotatable bonds is 5. The molecule has 0 unspecified atom stereocenters. The zero-order chi connectivity index (χ0) is 20.9. The molecule has 2 amide bonds. The first kappa shape index (κ1) is 19.9. The lowest BCUT2D eigenvalue weighted by Crippen LogP contribution is -2.15. The molecule has 0 radical (unpaired) electrons. The number of benzene rings is 3. The summed E-state index contributed by atoms with van der Waals surface area (Å²) >= 11 is 6.14. The molecular formula is C23H19ClN2O4. The van der Waals surface area contributed by atoms with Gasteiger partial charge in [0, 0.05) is 22.0 Å². The molecule has 4 rings (SSSR count). The van der Waals surface area contributed by atoms with Crippen molar-refractivity contribution in [3.8, 4) is 0 Å². The normalized spacial score (nSPS) is 12.2. The van der Waals surface area contributed by atoms with Crippen molar-refractivity contribution in [3.63, 3.8) is 0 Å². The number of hydrogen-bond acceptors (Lipinski definition) is 4. The number of anilines is 2. The minimum Gasteiger partial charge on any atom is -0.444 e. The summed E-state index contributed by atoms with van der Waals surface area (Å²) in [5, 5.41) is 5.77. The molecule has 0 aromatic heterocycles. The molecule has 1 aliphatic heterocycles. The third-order valence-electron chi connectivity index (χ3n) is 4.60. The first-order valence-electron chi connectivity index (χ1n) is 9.36. The number of ether oxygens (including phenoxy) is 2. The van der Waals surface area contributed by atoms with E-state index >= 15 is 0 Å². The third kappa shape index (κ3) is 4.97. The molecule has 0 spiro atoms. The highest BCUT2D eigenvalue weighted by Gasteiger charge is 2.14. The number of nitrogens with one attached hydrogen (secondary N) is 2. The number of carbonyl (C=O) groups is 2. The van der Waals surface area contributed by atoms with E-state index in [2.05, 4.69) is 10.6 Å². The Kier molecular flexibility index (Phi) is 5.97. The Hall–Kier alpha value is -3.35. The van der Waals surface area contributed by atoms with Crippen LogP contribution in [0.4, 0.5) is 16.2 Å². The van der Waals surface area contributed by atoms with Crippen LogP contribution < -0.4 is 10.6 Å². The van der Waals surface area contributed by atoms with Crippen LogP contribution in [0.15, 0.2) is 66.7 Å². The summed E-state index contributed by atoms with van der Waals surface area (Å²) in [6.07, 6.45) is -0.633. The maximum atomic E-state index is 12.7. The fourth-order valence-electron chi connectivity index (χ4n) is 3.12. The second kappa shape index (κ2) is 8.98. The van der Waals surface area contributed by atoms with Crippen LogP contribution in [-0.2, 0) is 29.3 Å². The van der Waals surface area contributed by atoms with Crippen molar-refractivity contribution in [1.82, 2.24) is 0 Å². The van der Waals surface area contributed by atoms with Crippen LogP contribution in [0.1, 0.15) is 27.0 Å². The summed E-state index contributed by atoms with van der Waals surface area (Å²) in [6, 6.07) is 19.6. The van der Waals surface area contributed by atoms with Crippen molar-refractivity contribution in [1.29, 1.82) is 0 Å². The van der Waals surface area contributed by atoms with Crippen LogP contribution in [0.2, 0.25) is 5.02 Å². The standard InChI is InChI=1S/C23H19ClN2O4/c24-19-8-17(22(27)25-20-7-6-16-13-29-14-18(16)10-20)9-21(11-19)26-23(28)30-12-15-4-2-1-3-5-15/h1-11H,12-14H2,(H,25,27)(H,26,28). The topological polar surface area (TPSA) is 76.7 Å². The van der Waals surface area contributed by atoms with Gasteiger partial charge in [-0.25, -0.2) is 4.79 Å². The van der Waals surface area contributed by atoms with Gasteiger partial charge in [-0.1, -0.05) is 48.0 Å². The average molecular weight is 423 g/mol. The van der Waals surface area contributed by atoms with E-state index in [0.717, 1.165) is 16.7 Å². The third-order valence-corrected chi connectivity index (χ3v) is 4.82. The van der Waals surface area contributed by atoms with Gasteiger partial charge in [-0.15, -0.1) is 0 Å². The van der Waals surface area contributed by atoms with Gasteiger partial charge in [-0.3, -0.25) is 10.1 Å². The smallest absolute Gasteiger partial charge is 0.411 e. The van der Waals surface area contributed by atoms with E-state index in [1.165, 1.54) is 6.07 Å². The lowest BCUT2D eigenvalue weighted by molar-refractivity contribution is 0.102. The molecule has 0 aliphatic carbocycles. The molecule has 30 heavy (non-hydrogen) atoms. The minimum absolute atomic E-state index is 0.141. The van der Waals surface area contributed by atoms with Crippen molar-refractivity contribution < 1.29 is 19.1 Å². The summed E-state index contributed by atoms with van der Waals surface area (Å²) < 4.78 is 10.6. The van der Waals surface area contributed by atoms with Crippen molar-refractivity contribution >= 4 is 35.0 Å². The highest BCUT2D eigenvalue weighted by molar-refractivity contribution is 6.31. The van der Waals surface area contributed by atoms with E-state index in [-0.39, 0.29) is 12.5 Å². The van der Waals surface area contributed by atoms with Crippen molar-refractivity contribution in [2.24, 2.45) is 0 Å². The molecule has 3 aromatic carbocycles. The van der Waals surface area contributed by atoms with Crippen molar-refractivity contribution in [2.45, 2.75) is 19.8 Å². The second-order valence-electron chi connectivity index (χ2n) is 6.85. The monoisotopic (exact) mass is 422 g/mol. The number of hydrogen-bond donors (Lipinski definition) is 2. The van der Waals surface area contributed by atoms with E-state index in [4.69, 9.17) is 21.1 Å². The molecule has 0 fully saturated rings. The number of amides is 2. The Labute approximate surface area is 178 Å². The number of fused-ring (bicyclic) bond motifs is 1. The average Bonchev–Trinajstić information content (AvgIpc) is 3.20. The molecular weight excluding hydrogens is 404 g/mol. The van der Waals surface area contributed by atoms with Crippen molar-refractivity contribution in [3.05, 3.63) is 94.0 Å². The fraction of sp³-hybridized carbons (Fsp3) is 0.130. The van der Waals surface area contributed by atoms with Gasteiger partial charge in [0.05, 0.1) is 13.2 Å². The zero-order valence-electron chi connectivity index (χ0n) is 16.0. The van der Waals surface area contributed by atoms with Gasteiger partial charge in [0.1, 0.15) is 6.61 Å². The van der Waals surface area contributed by atoms with E-state index in [1.54, 1.807) is 12.1 Å². The summed E-state index contributed by atoms with van der Waals surface area (Å²) in [5.41, 5.74) is 4.41. The Morgan fingerprint density at radius 3 is 2.53 bits per heavy atom. The van der Waals surface area contributed by atoms with Gasteiger partial charge in [-0.2, -0.15) is 0 Å². The van der Waals surface area contributed by atoms with Gasteiger partial charge in [-0.05, 0) is 47.0 Å². The quantitative estimate of drug-likeness (QED) is 0.579. The van der Waals surface area contributed by atoms with E-state index in [9.17, 15) is 9.59 Å². The molecule has 3 aromatic rings. The number of halogens is 1. The molecule has 1 aliphatic rings. The van der Waals surface area contributed by atoms with E-state index < -0.39 is 6.09 Å². The van der Waals surface area contributed by atoms with Gasteiger partial charge >= 0.3 is 6.09 Å². The predicted octanol–water partition coefficient (Wildman–Crippen LogP) is 5.37. The Balaban J connectivity index is 1.40. The Morgan fingerprint density at radius 1 is 0.900 bits per heavy atom. The van der Waals surface area contributed by atoms with Crippen LogP contribution in [-0.4, -0.2) is 12.0 Å². The van der Waals surface area contributed by atoms with Crippen LogP contribution >= 0.6 is 11.6 Å². The van der Waals surface area contributed by atoms with Crippen molar-refractivity contribution in [2.75, 3.05) is 10.6 Å². The predicted molar refractivity (Wildman–Crippen MR) is 115 cm³/mol. The Morgan fingerprint density at radius 2 is 1.70 bits per heavy atom. The summed E-state index contributed by atoms with van der Waals surface area (Å²) in [5.74, 6) is -0.336. The molecule has 1 heterocycles. The minimum atomic E-state index is -0.633. The van der Waals surface area contributed by atoms with Crippen LogP contribution in [0.25, 0.3) is 0 Å². The SMILES string of the molecule is O=C(Nc1cc(Cl)cc(C(=O)Nc2ccc3c(c2)COC3)c1)OCc1ccccc1. The van der Waals surface area contributed by atoms with Gasteiger partial charge < -0.3 is 14.8 Å². The summed E-state index contributed by atoms with van der Waals surface area (Å²) in [7, 11) is 0. The Bertz CT molecular complexity index is 1090. The van der Waals surface area contributed by atoms with E-state index in [1.807, 2.05) is 48.5 Å². The largest absolute Gasteiger partial charge is 0.444 e. The molecule has 0 atom stereocenters. The molecule has 0 saturated carbocycles. The zero-order valence-corrected chi connectivity index (χ0v) is 16.7. The fourth-order valence-corrected chi connectivity index (χ4v) is 3.36. The summed E-state index contributed by atoms with van der Waals surface area (Å²) in [4.78, 5) is 24.8. The van der Waals surface area contributed by atoms with Crippen LogP contribution in [0.3, 0.4) is 0 Å². The highest BCUT2D eigenvalue weighted by atomic mass is 35.5. The van der Waals surface area contributed by atoms with Gasteiger partial charge in [0.15, 0.2) is 0 Å². The second-order valence-corrected chi connectivity index (χ2v) is 7.28. The molecule has 7 heteroatoms. The maximum Gasteiger partial charge on any atom is 0.411 e. The molecule has 0 bridgehead atoms.